The number of amides is 1. The molecule has 6 heteroatoms. The van der Waals surface area contributed by atoms with Gasteiger partial charge in [-0.2, -0.15) is 0 Å². The van der Waals surface area contributed by atoms with Crippen LogP contribution in [0.15, 0.2) is 18.2 Å². The molecular formula is C18H25BFNO3. The third kappa shape index (κ3) is 2.97. The summed E-state index contributed by atoms with van der Waals surface area (Å²) in [6.07, 6.45) is -0.497. The second-order valence-electron chi connectivity index (χ2n) is 7.80. The van der Waals surface area contributed by atoms with Gasteiger partial charge in [-0.15, -0.1) is 0 Å². The number of alkyl halides is 1. The molecule has 0 N–H and O–H groups in total. The van der Waals surface area contributed by atoms with E-state index in [1.807, 2.05) is 46.8 Å². The lowest BCUT2D eigenvalue weighted by Crippen LogP contribution is -2.41. The molecule has 2 heterocycles. The molecule has 4 nitrogen and oxygen atoms in total. The third-order valence-electron chi connectivity index (χ3n) is 5.45. The number of halogens is 1. The zero-order chi connectivity index (χ0) is 17.7. The standard InChI is InChI=1S/C18H25BFNO3/c1-12-6-7-13(16(22)21-9-8-14(20)11-21)10-15(12)19-23-17(2,3)18(4,5)24-19/h6-7,10,14H,8-9,11H2,1-5H3/t14-/m1/s1. The van der Waals surface area contributed by atoms with E-state index in [2.05, 4.69) is 0 Å². The van der Waals surface area contributed by atoms with Gasteiger partial charge in [0.25, 0.3) is 5.91 Å². The van der Waals surface area contributed by atoms with Gasteiger partial charge in [0.05, 0.1) is 17.7 Å². The highest BCUT2D eigenvalue weighted by Crippen LogP contribution is 2.36. The summed E-state index contributed by atoms with van der Waals surface area (Å²) < 4.78 is 25.6. The van der Waals surface area contributed by atoms with Crippen molar-refractivity contribution < 1.29 is 18.5 Å². The maximum Gasteiger partial charge on any atom is 0.495 e. The van der Waals surface area contributed by atoms with E-state index in [1.165, 1.54) is 0 Å². The molecule has 130 valence electrons. The van der Waals surface area contributed by atoms with Crippen LogP contribution in [0.2, 0.25) is 0 Å². The van der Waals surface area contributed by atoms with Crippen molar-refractivity contribution >= 4 is 18.5 Å². The zero-order valence-electron chi connectivity index (χ0n) is 15.1. The average molecular weight is 333 g/mol. The van der Waals surface area contributed by atoms with Crippen LogP contribution in [0.3, 0.4) is 0 Å². The first kappa shape index (κ1) is 17.4. The van der Waals surface area contributed by atoms with Crippen molar-refractivity contribution in [3.8, 4) is 0 Å². The Balaban J connectivity index is 1.86. The number of likely N-dealkylation sites (tertiary alicyclic amines) is 1. The second kappa shape index (κ2) is 5.85. The van der Waals surface area contributed by atoms with Crippen LogP contribution in [0.5, 0.6) is 0 Å². The molecule has 0 unspecified atom stereocenters. The number of hydrogen-bond acceptors (Lipinski definition) is 3. The molecule has 1 amide bonds. The van der Waals surface area contributed by atoms with Crippen LogP contribution in [0.1, 0.15) is 50.0 Å². The van der Waals surface area contributed by atoms with E-state index in [1.54, 1.807) is 11.0 Å². The van der Waals surface area contributed by atoms with Gasteiger partial charge in [-0.25, -0.2) is 4.39 Å². The van der Waals surface area contributed by atoms with Crippen molar-refractivity contribution in [3.63, 3.8) is 0 Å². The van der Waals surface area contributed by atoms with Crippen molar-refractivity contribution in [1.82, 2.24) is 4.90 Å². The Morgan fingerprint density at radius 2 is 1.88 bits per heavy atom. The summed E-state index contributed by atoms with van der Waals surface area (Å²) in [5, 5.41) is 0. The first-order chi connectivity index (χ1) is 11.1. The van der Waals surface area contributed by atoms with Crippen LogP contribution >= 0.6 is 0 Å². The Morgan fingerprint density at radius 3 is 2.42 bits per heavy atom. The summed E-state index contributed by atoms with van der Waals surface area (Å²) in [5.41, 5.74) is 1.56. The number of carbonyl (C=O) groups is 1. The number of benzene rings is 1. The lowest BCUT2D eigenvalue weighted by Gasteiger charge is -2.32. The molecule has 2 aliphatic heterocycles. The van der Waals surface area contributed by atoms with Crippen LogP contribution in [-0.4, -0.2) is 48.4 Å². The second-order valence-corrected chi connectivity index (χ2v) is 7.80. The molecule has 2 saturated heterocycles. The molecule has 2 fully saturated rings. The molecular weight excluding hydrogens is 308 g/mol. The number of nitrogens with zero attached hydrogens (tertiary/aromatic N) is 1. The predicted molar refractivity (Wildman–Crippen MR) is 92.3 cm³/mol. The fourth-order valence-electron chi connectivity index (χ4n) is 3.08. The third-order valence-corrected chi connectivity index (χ3v) is 5.45. The Bertz CT molecular complexity index is 646. The zero-order valence-corrected chi connectivity index (χ0v) is 15.1. The van der Waals surface area contributed by atoms with Gasteiger partial charge in [-0.1, -0.05) is 11.6 Å². The van der Waals surface area contributed by atoms with Gasteiger partial charge in [0.2, 0.25) is 0 Å². The lowest BCUT2D eigenvalue weighted by atomic mass is 9.75. The molecule has 2 aliphatic rings. The van der Waals surface area contributed by atoms with Gasteiger partial charge in [-0.05, 0) is 58.6 Å². The molecule has 0 radical (unpaired) electrons. The molecule has 1 atom stereocenters. The SMILES string of the molecule is Cc1ccc(C(=O)N2CC[C@@H](F)C2)cc1B1OC(C)(C)C(C)(C)O1. The van der Waals surface area contributed by atoms with Crippen molar-refractivity contribution in [2.24, 2.45) is 0 Å². The smallest absolute Gasteiger partial charge is 0.399 e. The summed E-state index contributed by atoms with van der Waals surface area (Å²) in [6.45, 7) is 10.6. The lowest BCUT2D eigenvalue weighted by molar-refractivity contribution is 0.00578. The molecule has 0 spiro atoms. The van der Waals surface area contributed by atoms with Crippen LogP contribution < -0.4 is 5.46 Å². The van der Waals surface area contributed by atoms with Crippen molar-refractivity contribution in [2.45, 2.75) is 58.4 Å². The molecule has 0 aromatic heterocycles. The molecule has 0 aliphatic carbocycles. The van der Waals surface area contributed by atoms with Crippen molar-refractivity contribution in [1.29, 1.82) is 0 Å². The summed E-state index contributed by atoms with van der Waals surface area (Å²) in [5.74, 6) is -0.132. The van der Waals surface area contributed by atoms with Gasteiger partial charge >= 0.3 is 7.12 Å². The molecule has 0 bridgehead atoms. The van der Waals surface area contributed by atoms with Gasteiger partial charge in [0, 0.05) is 12.1 Å². The van der Waals surface area contributed by atoms with Crippen molar-refractivity contribution in [3.05, 3.63) is 29.3 Å². The predicted octanol–water partition coefficient (Wildman–Crippen LogP) is 2.48. The van der Waals surface area contributed by atoms with Gasteiger partial charge in [-0.3, -0.25) is 4.79 Å². The Hall–Kier alpha value is -1.40. The fourth-order valence-corrected chi connectivity index (χ4v) is 3.08. The maximum atomic E-state index is 13.4. The van der Waals surface area contributed by atoms with E-state index in [0.717, 1.165) is 11.0 Å². The molecule has 0 saturated carbocycles. The van der Waals surface area contributed by atoms with Crippen molar-refractivity contribution in [2.75, 3.05) is 13.1 Å². The van der Waals surface area contributed by atoms with E-state index < -0.39 is 24.5 Å². The fraction of sp³-hybridized carbons (Fsp3) is 0.611. The largest absolute Gasteiger partial charge is 0.495 e. The number of rotatable bonds is 2. The molecule has 1 aromatic carbocycles. The Morgan fingerprint density at radius 1 is 1.25 bits per heavy atom. The van der Waals surface area contributed by atoms with Gasteiger partial charge in [0.15, 0.2) is 0 Å². The molecule has 24 heavy (non-hydrogen) atoms. The van der Waals surface area contributed by atoms with E-state index in [9.17, 15) is 9.18 Å². The van der Waals surface area contributed by atoms with Crippen LogP contribution in [-0.2, 0) is 9.31 Å². The Labute approximate surface area is 143 Å². The van der Waals surface area contributed by atoms with Crippen LogP contribution in [0, 0.1) is 6.92 Å². The summed E-state index contributed by atoms with van der Waals surface area (Å²) in [7, 11) is -0.504. The van der Waals surface area contributed by atoms with Gasteiger partial charge < -0.3 is 14.2 Å². The van der Waals surface area contributed by atoms with Gasteiger partial charge in [0.1, 0.15) is 6.17 Å². The van der Waals surface area contributed by atoms with Crippen LogP contribution in [0.25, 0.3) is 0 Å². The minimum absolute atomic E-state index is 0.132. The van der Waals surface area contributed by atoms with E-state index in [4.69, 9.17) is 9.31 Å². The summed E-state index contributed by atoms with van der Waals surface area (Å²) in [6, 6.07) is 5.51. The summed E-state index contributed by atoms with van der Waals surface area (Å²) in [4.78, 5) is 14.2. The quantitative estimate of drug-likeness (QED) is 0.781. The number of aryl methyl sites for hydroxylation is 1. The first-order valence-electron chi connectivity index (χ1n) is 8.50. The highest BCUT2D eigenvalue weighted by atomic mass is 19.1. The molecule has 3 rings (SSSR count). The minimum atomic E-state index is -0.915. The Kier molecular flexibility index (Phi) is 4.25. The number of hydrogen-bond donors (Lipinski definition) is 0. The monoisotopic (exact) mass is 333 g/mol. The first-order valence-corrected chi connectivity index (χ1v) is 8.50. The summed E-state index contributed by atoms with van der Waals surface area (Å²) >= 11 is 0. The highest BCUT2D eigenvalue weighted by Gasteiger charge is 2.52. The topological polar surface area (TPSA) is 38.8 Å². The normalized spacial score (nSPS) is 25.3. The highest BCUT2D eigenvalue weighted by molar-refractivity contribution is 6.62. The molecule has 1 aromatic rings. The number of carbonyl (C=O) groups excluding carboxylic acids is 1. The van der Waals surface area contributed by atoms with E-state index in [-0.39, 0.29) is 12.5 Å². The maximum absolute atomic E-state index is 13.4. The minimum Gasteiger partial charge on any atom is -0.399 e. The van der Waals surface area contributed by atoms with E-state index in [0.29, 0.717) is 18.5 Å². The van der Waals surface area contributed by atoms with E-state index >= 15 is 0 Å². The average Bonchev–Trinajstić information content (AvgIpc) is 3.00. The van der Waals surface area contributed by atoms with Crippen LogP contribution in [0.4, 0.5) is 4.39 Å².